The van der Waals surface area contributed by atoms with E-state index in [9.17, 15) is 4.79 Å². The quantitative estimate of drug-likeness (QED) is 0.764. The van der Waals surface area contributed by atoms with E-state index in [1.54, 1.807) is 6.26 Å². The molecular formula is C11H14BrNOS. The van der Waals surface area contributed by atoms with E-state index in [2.05, 4.69) is 33.9 Å². The zero-order valence-electron chi connectivity index (χ0n) is 8.53. The predicted molar refractivity (Wildman–Crippen MR) is 69.2 cm³/mol. The van der Waals surface area contributed by atoms with Gasteiger partial charge in [0, 0.05) is 10.9 Å². The van der Waals surface area contributed by atoms with E-state index in [1.165, 1.54) is 5.56 Å². The molecule has 2 nitrogen and oxygen atoms in total. The Kier molecular flexibility index (Phi) is 5.19. The third kappa shape index (κ3) is 3.54. The van der Waals surface area contributed by atoms with Crippen molar-refractivity contribution in [2.75, 3.05) is 6.26 Å². The van der Waals surface area contributed by atoms with Gasteiger partial charge in [-0.05, 0) is 30.4 Å². The summed E-state index contributed by atoms with van der Waals surface area (Å²) in [4.78, 5) is 11.0. The number of rotatable bonds is 1. The Balaban J connectivity index is 0.000000531. The molecule has 0 radical (unpaired) electrons. The minimum Gasteiger partial charge on any atom is -0.349 e. The van der Waals surface area contributed by atoms with Crippen molar-refractivity contribution in [2.45, 2.75) is 18.9 Å². The number of halogens is 1. The molecule has 1 aromatic rings. The topological polar surface area (TPSA) is 29.1 Å². The molecule has 1 aliphatic rings. The summed E-state index contributed by atoms with van der Waals surface area (Å²) in [5.74, 6) is 0.160. The van der Waals surface area contributed by atoms with Crippen molar-refractivity contribution in [3.63, 3.8) is 0 Å². The molecule has 1 atom stereocenters. The molecule has 1 aliphatic heterocycles. The van der Waals surface area contributed by atoms with Crippen LogP contribution in [-0.4, -0.2) is 12.2 Å². The fourth-order valence-electron chi connectivity index (χ4n) is 1.56. The minimum atomic E-state index is 0.160. The molecule has 1 amide bonds. The maximum atomic E-state index is 11.0. The summed E-state index contributed by atoms with van der Waals surface area (Å²) in [6.07, 6.45) is 3.27. The molecule has 1 fully saturated rings. The molecule has 1 heterocycles. The van der Waals surface area contributed by atoms with Gasteiger partial charge >= 0.3 is 0 Å². The van der Waals surface area contributed by atoms with Crippen LogP contribution >= 0.6 is 28.6 Å². The summed E-state index contributed by atoms with van der Waals surface area (Å²) >= 11 is 6.91. The first kappa shape index (κ1) is 12.6. The minimum absolute atomic E-state index is 0.160. The van der Waals surface area contributed by atoms with Gasteiger partial charge < -0.3 is 5.32 Å². The average molecular weight is 288 g/mol. The summed E-state index contributed by atoms with van der Waals surface area (Å²) in [5.41, 5.74) is 1.19. The van der Waals surface area contributed by atoms with Crippen molar-refractivity contribution in [1.29, 1.82) is 0 Å². The Bertz CT molecular complexity index is 326. The van der Waals surface area contributed by atoms with Crippen molar-refractivity contribution < 1.29 is 4.79 Å². The van der Waals surface area contributed by atoms with Crippen LogP contribution < -0.4 is 5.32 Å². The Hall–Kier alpha value is -0.480. The second kappa shape index (κ2) is 6.18. The van der Waals surface area contributed by atoms with Gasteiger partial charge in [-0.3, -0.25) is 4.79 Å². The number of benzene rings is 1. The first-order valence-corrected chi connectivity index (χ1v) is 6.44. The van der Waals surface area contributed by atoms with Gasteiger partial charge in [0.25, 0.3) is 0 Å². The van der Waals surface area contributed by atoms with E-state index >= 15 is 0 Å². The molecule has 1 aromatic carbocycles. The Morgan fingerprint density at radius 1 is 1.33 bits per heavy atom. The third-order valence-corrected chi connectivity index (χ3v) is 2.80. The second-order valence-corrected chi connectivity index (χ2v) is 4.13. The van der Waals surface area contributed by atoms with E-state index in [0.717, 1.165) is 10.9 Å². The summed E-state index contributed by atoms with van der Waals surface area (Å²) in [5, 5.41) is 2.94. The Morgan fingerprint density at radius 2 is 1.93 bits per heavy atom. The molecule has 0 saturated carbocycles. The van der Waals surface area contributed by atoms with Crippen molar-refractivity contribution in [3.05, 3.63) is 34.3 Å². The molecule has 1 N–H and O–H groups in total. The lowest BCUT2D eigenvalue weighted by molar-refractivity contribution is -0.119. The highest BCUT2D eigenvalue weighted by Gasteiger charge is 2.21. The molecule has 15 heavy (non-hydrogen) atoms. The number of thiol groups is 1. The molecule has 0 aliphatic carbocycles. The van der Waals surface area contributed by atoms with E-state index in [-0.39, 0.29) is 11.9 Å². The SMILES string of the molecule is CS.O=C1CCC(c2ccc(Br)cc2)N1. The Morgan fingerprint density at radius 3 is 2.40 bits per heavy atom. The van der Waals surface area contributed by atoms with Crippen LogP contribution in [0.25, 0.3) is 0 Å². The standard InChI is InChI=1S/C10H10BrNO.CH4S/c11-8-3-1-7(2-4-8)9-5-6-10(13)12-9;1-2/h1-4,9H,5-6H2,(H,12,13);2H,1H3. The third-order valence-electron chi connectivity index (χ3n) is 2.27. The van der Waals surface area contributed by atoms with Crippen LogP contribution in [0.5, 0.6) is 0 Å². The van der Waals surface area contributed by atoms with Gasteiger partial charge in [0.15, 0.2) is 0 Å². The normalized spacial score (nSPS) is 19.1. The summed E-state index contributed by atoms with van der Waals surface area (Å²) in [6.45, 7) is 0. The highest BCUT2D eigenvalue weighted by atomic mass is 79.9. The molecule has 2 rings (SSSR count). The summed E-state index contributed by atoms with van der Waals surface area (Å²) in [6, 6.07) is 8.31. The first-order chi connectivity index (χ1) is 7.25. The predicted octanol–water partition coefficient (Wildman–Crippen LogP) is 2.95. The fourth-order valence-corrected chi connectivity index (χ4v) is 1.82. The zero-order valence-corrected chi connectivity index (χ0v) is 11.0. The maximum absolute atomic E-state index is 11.0. The average Bonchev–Trinajstić information content (AvgIpc) is 2.69. The second-order valence-electron chi connectivity index (χ2n) is 3.21. The lowest BCUT2D eigenvalue weighted by atomic mass is 10.1. The molecular weight excluding hydrogens is 274 g/mol. The summed E-state index contributed by atoms with van der Waals surface area (Å²) in [7, 11) is 0. The zero-order chi connectivity index (χ0) is 11.3. The van der Waals surface area contributed by atoms with Gasteiger partial charge in [-0.25, -0.2) is 0 Å². The van der Waals surface area contributed by atoms with Crippen LogP contribution in [-0.2, 0) is 4.79 Å². The van der Waals surface area contributed by atoms with E-state index < -0.39 is 0 Å². The highest BCUT2D eigenvalue weighted by Crippen LogP contribution is 2.24. The number of hydrogen-bond acceptors (Lipinski definition) is 2. The van der Waals surface area contributed by atoms with Crippen molar-refractivity contribution in [2.24, 2.45) is 0 Å². The number of carbonyl (C=O) groups is 1. The lowest BCUT2D eigenvalue weighted by Crippen LogP contribution is -2.18. The van der Waals surface area contributed by atoms with E-state index in [0.29, 0.717) is 6.42 Å². The molecule has 82 valence electrons. The van der Waals surface area contributed by atoms with Gasteiger partial charge in [-0.1, -0.05) is 28.1 Å². The molecule has 1 saturated heterocycles. The van der Waals surface area contributed by atoms with Crippen molar-refractivity contribution in [3.8, 4) is 0 Å². The Labute approximate surface area is 104 Å². The van der Waals surface area contributed by atoms with Crippen molar-refractivity contribution >= 4 is 34.5 Å². The van der Waals surface area contributed by atoms with Crippen LogP contribution in [0.4, 0.5) is 0 Å². The van der Waals surface area contributed by atoms with Gasteiger partial charge in [0.05, 0.1) is 6.04 Å². The molecule has 1 unspecified atom stereocenters. The largest absolute Gasteiger partial charge is 0.349 e. The molecule has 4 heteroatoms. The fraction of sp³-hybridized carbons (Fsp3) is 0.364. The van der Waals surface area contributed by atoms with Crippen LogP contribution in [0, 0.1) is 0 Å². The number of hydrogen-bond donors (Lipinski definition) is 2. The molecule has 0 spiro atoms. The number of carbonyl (C=O) groups excluding carboxylic acids is 1. The lowest BCUT2D eigenvalue weighted by Gasteiger charge is -2.09. The first-order valence-electron chi connectivity index (χ1n) is 4.75. The summed E-state index contributed by atoms with van der Waals surface area (Å²) < 4.78 is 1.07. The van der Waals surface area contributed by atoms with Crippen LogP contribution in [0.3, 0.4) is 0 Å². The van der Waals surface area contributed by atoms with E-state index in [4.69, 9.17) is 0 Å². The van der Waals surface area contributed by atoms with Gasteiger partial charge in [-0.15, -0.1) is 0 Å². The highest BCUT2D eigenvalue weighted by molar-refractivity contribution is 9.10. The van der Waals surface area contributed by atoms with Crippen LogP contribution in [0.1, 0.15) is 24.4 Å². The van der Waals surface area contributed by atoms with E-state index in [1.807, 2.05) is 24.3 Å². The maximum Gasteiger partial charge on any atom is 0.220 e. The number of amides is 1. The van der Waals surface area contributed by atoms with Crippen LogP contribution in [0.2, 0.25) is 0 Å². The van der Waals surface area contributed by atoms with Gasteiger partial charge in [-0.2, -0.15) is 12.6 Å². The van der Waals surface area contributed by atoms with Gasteiger partial charge in [0.2, 0.25) is 5.91 Å². The molecule has 0 bridgehead atoms. The number of nitrogens with one attached hydrogen (secondary N) is 1. The van der Waals surface area contributed by atoms with Crippen molar-refractivity contribution in [1.82, 2.24) is 5.32 Å². The van der Waals surface area contributed by atoms with Gasteiger partial charge in [0.1, 0.15) is 0 Å². The monoisotopic (exact) mass is 287 g/mol. The van der Waals surface area contributed by atoms with Crippen LogP contribution in [0.15, 0.2) is 28.7 Å². The smallest absolute Gasteiger partial charge is 0.220 e. The molecule has 0 aromatic heterocycles.